The number of amides is 1. The number of ether oxygens (including phenoxy) is 1. The normalized spacial score (nSPS) is 20.3. The van der Waals surface area contributed by atoms with E-state index in [0.717, 1.165) is 36.9 Å². The summed E-state index contributed by atoms with van der Waals surface area (Å²) in [5.74, 6) is -0.796. The minimum atomic E-state index is -0.589. The number of nitrogens with zero attached hydrogens (tertiary/aromatic N) is 5. The van der Waals surface area contributed by atoms with Crippen molar-refractivity contribution in [3.63, 3.8) is 0 Å². The van der Waals surface area contributed by atoms with Gasteiger partial charge in [0.1, 0.15) is 17.9 Å². The summed E-state index contributed by atoms with van der Waals surface area (Å²) in [5.41, 5.74) is 13.1. The number of nitrogens with two attached hydrogens (primary N) is 2. The quantitative estimate of drug-likeness (QED) is 0.330. The van der Waals surface area contributed by atoms with Crippen LogP contribution in [0.1, 0.15) is 32.1 Å². The van der Waals surface area contributed by atoms with Gasteiger partial charge in [0.05, 0.1) is 21.2 Å². The molecule has 0 bridgehead atoms. The maximum atomic E-state index is 16.6. The first-order valence-corrected chi connectivity index (χ1v) is 14.7. The Balaban J connectivity index is 1.50. The first-order valence-electron chi connectivity index (χ1n) is 13.5. The van der Waals surface area contributed by atoms with Crippen molar-refractivity contribution in [2.24, 2.45) is 11.7 Å². The van der Waals surface area contributed by atoms with E-state index in [0.29, 0.717) is 53.5 Å². The van der Waals surface area contributed by atoms with Gasteiger partial charge in [-0.3, -0.25) is 4.79 Å². The molecule has 1 amide bonds. The molecule has 1 unspecified atom stereocenters. The largest absolute Gasteiger partial charge is 0.462 e. The standard InChI is InChI=1S/C28H31ClFN7O2S/c1-36-10-5-7-16(36)14-39-28-34-24-18(26(35-28)37-11-3-2-6-15(13-37)25(31)38)12-19(29)21(22(24)30)17-8-4-9-20-23(17)33-27(32)40-20/h4,8-9,12,15-16H,2-3,5-7,10-11,13-14H2,1H3,(H2,31,38)(H2,32,33)/t15?,16-/m0/s1. The molecule has 4 aromatic rings. The Morgan fingerprint density at radius 1 is 1.18 bits per heavy atom. The summed E-state index contributed by atoms with van der Waals surface area (Å²) < 4.78 is 23.5. The number of rotatable bonds is 6. The predicted octanol–water partition coefficient (Wildman–Crippen LogP) is 4.85. The zero-order chi connectivity index (χ0) is 28.0. The summed E-state index contributed by atoms with van der Waals surface area (Å²) >= 11 is 8.13. The summed E-state index contributed by atoms with van der Waals surface area (Å²) in [7, 11) is 2.06. The third kappa shape index (κ3) is 5.02. The highest BCUT2D eigenvalue weighted by Gasteiger charge is 2.29. The molecule has 40 heavy (non-hydrogen) atoms. The molecule has 0 saturated carbocycles. The van der Waals surface area contributed by atoms with Crippen molar-refractivity contribution in [2.45, 2.75) is 38.1 Å². The van der Waals surface area contributed by atoms with Crippen LogP contribution in [0.25, 0.3) is 32.2 Å². The van der Waals surface area contributed by atoms with Crippen LogP contribution in [0.3, 0.4) is 0 Å². The SMILES string of the molecule is CN1CCC[C@H]1COc1nc(N2CCCCC(C(N)=O)C2)c2cc(Cl)c(-c3cccc4sc(N)nc34)c(F)c2n1. The Morgan fingerprint density at radius 2 is 2.02 bits per heavy atom. The molecule has 6 rings (SSSR count). The van der Waals surface area contributed by atoms with Gasteiger partial charge in [-0.15, -0.1) is 0 Å². The van der Waals surface area contributed by atoms with Gasteiger partial charge in [0, 0.05) is 35.6 Å². The van der Waals surface area contributed by atoms with Crippen molar-refractivity contribution in [2.75, 3.05) is 43.9 Å². The molecule has 0 spiro atoms. The van der Waals surface area contributed by atoms with Gasteiger partial charge in [-0.1, -0.05) is 41.5 Å². The Labute approximate surface area is 240 Å². The number of likely N-dealkylation sites (tertiary alicyclic amines) is 1. The summed E-state index contributed by atoms with van der Waals surface area (Å²) in [5, 5.41) is 1.05. The fraction of sp³-hybridized carbons (Fsp3) is 0.429. The monoisotopic (exact) mass is 583 g/mol. The highest BCUT2D eigenvalue weighted by atomic mass is 35.5. The van der Waals surface area contributed by atoms with Gasteiger partial charge in [-0.2, -0.15) is 9.97 Å². The number of nitrogen functional groups attached to an aromatic ring is 1. The number of para-hydroxylation sites is 1. The van der Waals surface area contributed by atoms with Crippen molar-refractivity contribution in [3.05, 3.63) is 35.1 Å². The van der Waals surface area contributed by atoms with E-state index in [4.69, 9.17) is 32.8 Å². The van der Waals surface area contributed by atoms with E-state index in [-0.39, 0.29) is 40.0 Å². The number of hydrogen-bond donors (Lipinski definition) is 2. The molecule has 0 aliphatic carbocycles. The van der Waals surface area contributed by atoms with Crippen LogP contribution < -0.4 is 21.1 Å². The Hall–Kier alpha value is -3.28. The molecule has 0 radical (unpaired) electrons. The van der Waals surface area contributed by atoms with E-state index >= 15 is 4.39 Å². The predicted molar refractivity (Wildman–Crippen MR) is 157 cm³/mol. The smallest absolute Gasteiger partial charge is 0.319 e. The Kier molecular flexibility index (Phi) is 7.37. The summed E-state index contributed by atoms with van der Waals surface area (Å²) in [6, 6.07) is 7.51. The molecule has 9 nitrogen and oxygen atoms in total. The minimum absolute atomic E-state index is 0.0888. The van der Waals surface area contributed by atoms with Crippen LogP contribution in [-0.4, -0.2) is 65.1 Å². The summed E-state index contributed by atoms with van der Waals surface area (Å²) in [6.07, 6.45) is 4.52. The minimum Gasteiger partial charge on any atom is -0.462 e. The average molecular weight is 584 g/mol. The number of carbonyl (C=O) groups excluding carboxylic acids is 1. The van der Waals surface area contributed by atoms with E-state index in [1.165, 1.54) is 11.3 Å². The van der Waals surface area contributed by atoms with E-state index in [9.17, 15) is 4.79 Å². The van der Waals surface area contributed by atoms with Crippen molar-refractivity contribution in [3.8, 4) is 17.1 Å². The molecule has 2 aromatic heterocycles. The lowest BCUT2D eigenvalue weighted by molar-refractivity contribution is -0.121. The van der Waals surface area contributed by atoms with Crippen LogP contribution in [0.4, 0.5) is 15.3 Å². The van der Waals surface area contributed by atoms with Crippen LogP contribution in [-0.2, 0) is 4.79 Å². The second-order valence-corrected chi connectivity index (χ2v) is 12.1. The van der Waals surface area contributed by atoms with Crippen LogP contribution in [0, 0.1) is 11.7 Å². The first kappa shape index (κ1) is 26.9. The van der Waals surface area contributed by atoms with Gasteiger partial charge in [-0.25, -0.2) is 9.37 Å². The number of benzene rings is 2. The number of hydrogen-bond acceptors (Lipinski definition) is 9. The number of aromatic nitrogens is 3. The second kappa shape index (κ2) is 10.9. The van der Waals surface area contributed by atoms with Crippen LogP contribution >= 0.6 is 22.9 Å². The van der Waals surface area contributed by atoms with Gasteiger partial charge < -0.3 is 26.0 Å². The topological polar surface area (TPSA) is 123 Å². The number of carbonyl (C=O) groups is 1. The average Bonchev–Trinajstić information content (AvgIpc) is 3.42. The van der Waals surface area contributed by atoms with Crippen molar-refractivity contribution in [1.82, 2.24) is 19.9 Å². The van der Waals surface area contributed by atoms with E-state index < -0.39 is 5.82 Å². The number of halogens is 2. The van der Waals surface area contributed by atoms with Crippen molar-refractivity contribution in [1.29, 1.82) is 0 Å². The third-order valence-corrected chi connectivity index (χ3v) is 9.14. The highest BCUT2D eigenvalue weighted by molar-refractivity contribution is 7.22. The molecule has 210 valence electrons. The first-order chi connectivity index (χ1) is 19.3. The zero-order valence-corrected chi connectivity index (χ0v) is 23.8. The van der Waals surface area contributed by atoms with Crippen LogP contribution in [0.15, 0.2) is 24.3 Å². The van der Waals surface area contributed by atoms with E-state index in [2.05, 4.69) is 21.9 Å². The molecular weight excluding hydrogens is 553 g/mol. The molecule has 2 fully saturated rings. The van der Waals surface area contributed by atoms with Gasteiger partial charge in [0.25, 0.3) is 0 Å². The van der Waals surface area contributed by atoms with Gasteiger partial charge in [0.2, 0.25) is 5.91 Å². The van der Waals surface area contributed by atoms with Gasteiger partial charge >= 0.3 is 6.01 Å². The van der Waals surface area contributed by atoms with Crippen molar-refractivity contribution >= 4 is 60.9 Å². The maximum absolute atomic E-state index is 16.6. The Morgan fingerprint density at radius 3 is 2.80 bits per heavy atom. The molecule has 2 saturated heterocycles. The Bertz CT molecular complexity index is 1600. The van der Waals surface area contributed by atoms with Crippen LogP contribution in [0.5, 0.6) is 6.01 Å². The van der Waals surface area contributed by atoms with Gasteiger partial charge in [-0.05, 0) is 51.4 Å². The maximum Gasteiger partial charge on any atom is 0.319 e. The molecule has 2 aromatic carbocycles. The number of thiazole rings is 1. The number of likely N-dealkylation sites (N-methyl/N-ethyl adjacent to an activating group) is 1. The third-order valence-electron chi connectivity index (χ3n) is 8.00. The molecule has 12 heteroatoms. The van der Waals surface area contributed by atoms with E-state index in [1.807, 2.05) is 17.0 Å². The molecule has 2 aliphatic heterocycles. The van der Waals surface area contributed by atoms with Crippen LogP contribution in [0.2, 0.25) is 5.02 Å². The number of anilines is 2. The highest BCUT2D eigenvalue weighted by Crippen LogP contribution is 2.42. The molecule has 4 heterocycles. The fourth-order valence-electron chi connectivity index (χ4n) is 5.81. The summed E-state index contributed by atoms with van der Waals surface area (Å²) in [6.45, 7) is 2.41. The molecule has 4 N–H and O–H groups in total. The fourth-order valence-corrected chi connectivity index (χ4v) is 6.86. The second-order valence-electron chi connectivity index (χ2n) is 10.6. The van der Waals surface area contributed by atoms with Crippen molar-refractivity contribution < 1.29 is 13.9 Å². The summed E-state index contributed by atoms with van der Waals surface area (Å²) in [4.78, 5) is 30.1. The molecular formula is C28H31ClFN7O2S. The zero-order valence-electron chi connectivity index (χ0n) is 22.2. The number of primary amides is 1. The number of fused-ring (bicyclic) bond motifs is 2. The molecule has 2 aliphatic rings. The van der Waals surface area contributed by atoms with E-state index in [1.54, 1.807) is 12.1 Å². The lowest BCUT2D eigenvalue weighted by Crippen LogP contribution is -2.35. The lowest BCUT2D eigenvalue weighted by Gasteiger charge is -2.26. The lowest BCUT2D eigenvalue weighted by atomic mass is 10.0. The molecule has 2 atom stereocenters. The van der Waals surface area contributed by atoms with Gasteiger partial charge in [0.15, 0.2) is 10.9 Å².